The summed E-state index contributed by atoms with van der Waals surface area (Å²) in [5, 5.41) is 18.1. The maximum Gasteiger partial charge on any atom is 0.0850 e. The van der Waals surface area contributed by atoms with Gasteiger partial charge in [0.15, 0.2) is 0 Å². The maximum absolute atomic E-state index is 9.74. The molecule has 0 aromatic rings. The van der Waals surface area contributed by atoms with E-state index in [1.807, 2.05) is 19.6 Å². The van der Waals surface area contributed by atoms with E-state index in [-0.39, 0.29) is 0 Å². The highest BCUT2D eigenvalue weighted by molar-refractivity contribution is 6.78. The van der Waals surface area contributed by atoms with Crippen molar-refractivity contribution in [2.24, 2.45) is 0 Å². The van der Waals surface area contributed by atoms with Gasteiger partial charge in [0.05, 0.1) is 19.4 Å². The predicted molar refractivity (Wildman–Crippen MR) is 45.7 cm³/mol. The SMILES string of the molecule is CC(O)C(C)(O)[Si](C)(C)C. The van der Waals surface area contributed by atoms with Crippen LogP contribution in [0.1, 0.15) is 13.8 Å². The van der Waals surface area contributed by atoms with Crippen molar-refractivity contribution in [1.29, 1.82) is 0 Å². The molecule has 0 radical (unpaired) electrons. The Morgan fingerprint density at radius 1 is 1.30 bits per heavy atom. The smallest absolute Gasteiger partial charge is 0.0850 e. The Kier molecular flexibility index (Phi) is 2.68. The lowest BCUT2D eigenvalue weighted by Crippen LogP contribution is -2.56. The lowest BCUT2D eigenvalue weighted by Gasteiger charge is -2.37. The molecule has 0 aliphatic carbocycles. The summed E-state index contributed by atoms with van der Waals surface area (Å²) in [7, 11) is -1.64. The normalized spacial score (nSPS) is 21.9. The van der Waals surface area contributed by atoms with Gasteiger partial charge in [0.2, 0.25) is 0 Å². The van der Waals surface area contributed by atoms with Crippen molar-refractivity contribution in [2.45, 2.75) is 44.8 Å². The first-order valence-electron chi connectivity index (χ1n) is 3.60. The third kappa shape index (κ3) is 1.81. The molecule has 2 atom stereocenters. The molecule has 2 unspecified atom stereocenters. The van der Waals surface area contributed by atoms with Crippen molar-refractivity contribution in [3.05, 3.63) is 0 Å². The maximum atomic E-state index is 9.74. The Balaban J connectivity index is 4.40. The molecule has 2 nitrogen and oxygen atoms in total. The summed E-state index contributed by atoms with van der Waals surface area (Å²) >= 11 is 0. The summed E-state index contributed by atoms with van der Waals surface area (Å²) in [6.07, 6.45) is -0.626. The van der Waals surface area contributed by atoms with E-state index in [0.717, 1.165) is 0 Å². The van der Waals surface area contributed by atoms with Crippen LogP contribution in [-0.4, -0.2) is 29.6 Å². The molecule has 62 valence electrons. The molecular weight excluding hydrogens is 144 g/mol. The van der Waals surface area contributed by atoms with Gasteiger partial charge in [-0.3, -0.25) is 0 Å². The minimum absolute atomic E-state index is 0.626. The fourth-order valence-corrected chi connectivity index (χ4v) is 1.88. The zero-order chi connectivity index (χ0) is 8.58. The Bertz CT molecular complexity index is 113. The molecule has 0 bridgehead atoms. The topological polar surface area (TPSA) is 40.5 Å². The fraction of sp³-hybridized carbons (Fsp3) is 1.00. The zero-order valence-electron chi connectivity index (χ0n) is 7.47. The molecule has 0 aliphatic heterocycles. The van der Waals surface area contributed by atoms with Gasteiger partial charge in [0.1, 0.15) is 0 Å². The Morgan fingerprint density at radius 3 is 1.60 bits per heavy atom. The van der Waals surface area contributed by atoms with Crippen LogP contribution in [0.3, 0.4) is 0 Å². The standard InChI is InChI=1S/C7H18O2Si/c1-6(8)7(2,9)10(3,4)5/h6,8-9H,1-5H3. The first-order chi connectivity index (χ1) is 4.19. The van der Waals surface area contributed by atoms with Crippen LogP contribution >= 0.6 is 0 Å². The van der Waals surface area contributed by atoms with Gasteiger partial charge in [-0.1, -0.05) is 19.6 Å². The minimum atomic E-state index is -1.64. The van der Waals surface area contributed by atoms with E-state index < -0.39 is 19.4 Å². The van der Waals surface area contributed by atoms with Gasteiger partial charge in [-0.2, -0.15) is 0 Å². The highest BCUT2D eigenvalue weighted by Gasteiger charge is 2.40. The molecule has 0 fully saturated rings. The van der Waals surface area contributed by atoms with E-state index >= 15 is 0 Å². The van der Waals surface area contributed by atoms with E-state index in [2.05, 4.69) is 0 Å². The van der Waals surface area contributed by atoms with E-state index in [0.29, 0.717) is 0 Å². The van der Waals surface area contributed by atoms with Crippen LogP contribution in [0.2, 0.25) is 19.6 Å². The number of hydrogen-bond acceptors (Lipinski definition) is 2. The number of hydrogen-bond donors (Lipinski definition) is 2. The van der Waals surface area contributed by atoms with Gasteiger partial charge in [0, 0.05) is 0 Å². The molecule has 0 aromatic heterocycles. The van der Waals surface area contributed by atoms with Gasteiger partial charge in [0.25, 0.3) is 0 Å². The molecule has 0 amide bonds. The molecule has 0 heterocycles. The lowest BCUT2D eigenvalue weighted by molar-refractivity contribution is 0.00220. The predicted octanol–water partition coefficient (Wildman–Crippen LogP) is 0.996. The Morgan fingerprint density at radius 2 is 1.60 bits per heavy atom. The summed E-state index contributed by atoms with van der Waals surface area (Å²) in [6, 6.07) is 0. The lowest BCUT2D eigenvalue weighted by atomic mass is 10.2. The summed E-state index contributed by atoms with van der Waals surface area (Å²) in [5.74, 6) is 0. The van der Waals surface area contributed by atoms with Gasteiger partial charge in [-0.25, -0.2) is 0 Å². The fourth-order valence-electron chi connectivity index (χ4n) is 0.627. The quantitative estimate of drug-likeness (QED) is 0.595. The van der Waals surface area contributed by atoms with Gasteiger partial charge in [-0.05, 0) is 13.8 Å². The third-order valence-electron chi connectivity index (χ3n) is 2.33. The third-order valence-corrected chi connectivity index (χ3v) is 5.79. The minimum Gasteiger partial charge on any atom is -0.391 e. The number of rotatable bonds is 2. The van der Waals surface area contributed by atoms with Crippen molar-refractivity contribution < 1.29 is 10.2 Å². The molecular formula is C7H18O2Si. The van der Waals surface area contributed by atoms with Crippen LogP contribution in [0.4, 0.5) is 0 Å². The van der Waals surface area contributed by atoms with Gasteiger partial charge < -0.3 is 10.2 Å². The van der Waals surface area contributed by atoms with E-state index in [1.165, 1.54) is 0 Å². The largest absolute Gasteiger partial charge is 0.391 e. The molecule has 3 heteroatoms. The summed E-state index contributed by atoms with van der Waals surface area (Å²) in [4.78, 5) is 0. The highest BCUT2D eigenvalue weighted by Crippen LogP contribution is 2.23. The number of aliphatic hydroxyl groups is 2. The second-order valence-corrected chi connectivity index (χ2v) is 9.59. The van der Waals surface area contributed by atoms with Crippen molar-refractivity contribution in [2.75, 3.05) is 0 Å². The highest BCUT2D eigenvalue weighted by atomic mass is 28.3. The van der Waals surface area contributed by atoms with Crippen LogP contribution in [0.25, 0.3) is 0 Å². The molecule has 10 heavy (non-hydrogen) atoms. The van der Waals surface area contributed by atoms with Gasteiger partial charge in [-0.15, -0.1) is 0 Å². The van der Waals surface area contributed by atoms with Crippen LogP contribution in [-0.2, 0) is 0 Å². The average Bonchev–Trinajstić information content (AvgIpc) is 1.62. The Labute approximate surface area is 63.9 Å². The van der Waals surface area contributed by atoms with Crippen molar-refractivity contribution in [1.82, 2.24) is 0 Å². The molecule has 0 saturated heterocycles. The first kappa shape index (κ1) is 10.1. The first-order valence-corrected chi connectivity index (χ1v) is 7.10. The van der Waals surface area contributed by atoms with Crippen LogP contribution in [0.15, 0.2) is 0 Å². The second-order valence-electron chi connectivity index (χ2n) is 4.07. The summed E-state index contributed by atoms with van der Waals surface area (Å²) in [6.45, 7) is 9.47. The molecule has 0 rings (SSSR count). The van der Waals surface area contributed by atoms with Crippen LogP contribution in [0, 0.1) is 0 Å². The van der Waals surface area contributed by atoms with Gasteiger partial charge >= 0.3 is 0 Å². The summed E-state index contributed by atoms with van der Waals surface area (Å²) in [5.41, 5.74) is 0. The molecule has 0 saturated carbocycles. The van der Waals surface area contributed by atoms with Crippen molar-refractivity contribution in [3.63, 3.8) is 0 Å². The Hall–Kier alpha value is 0.137. The number of aliphatic hydroxyl groups excluding tert-OH is 1. The molecule has 0 aliphatic rings. The molecule has 0 spiro atoms. The van der Waals surface area contributed by atoms with E-state index in [4.69, 9.17) is 0 Å². The van der Waals surface area contributed by atoms with Crippen LogP contribution in [0.5, 0.6) is 0 Å². The molecule has 2 N–H and O–H groups in total. The zero-order valence-corrected chi connectivity index (χ0v) is 8.47. The second kappa shape index (κ2) is 2.64. The van der Waals surface area contributed by atoms with Crippen LogP contribution < -0.4 is 0 Å². The van der Waals surface area contributed by atoms with E-state index in [1.54, 1.807) is 13.8 Å². The molecule has 0 aromatic carbocycles. The monoisotopic (exact) mass is 162 g/mol. The average molecular weight is 162 g/mol. The summed E-state index contributed by atoms with van der Waals surface area (Å²) < 4.78 is 0. The van der Waals surface area contributed by atoms with E-state index in [9.17, 15) is 10.2 Å². The van der Waals surface area contributed by atoms with Crippen molar-refractivity contribution in [3.8, 4) is 0 Å². The van der Waals surface area contributed by atoms with Crippen molar-refractivity contribution >= 4 is 8.07 Å².